The van der Waals surface area contributed by atoms with E-state index in [9.17, 15) is 9.59 Å². The average molecular weight is 521 g/mol. The van der Waals surface area contributed by atoms with Crippen molar-refractivity contribution in [3.63, 3.8) is 0 Å². The third-order valence-electron chi connectivity index (χ3n) is 6.71. The number of ketones is 2. The summed E-state index contributed by atoms with van der Waals surface area (Å²) in [7, 11) is 0. The molecule has 0 radical (unpaired) electrons. The zero-order valence-corrected chi connectivity index (χ0v) is 23.2. The summed E-state index contributed by atoms with van der Waals surface area (Å²) in [6, 6.07) is 24.1. The van der Waals surface area contributed by atoms with Crippen molar-refractivity contribution >= 4 is 11.6 Å². The summed E-state index contributed by atoms with van der Waals surface area (Å²) >= 11 is 0. The van der Waals surface area contributed by atoms with Crippen molar-refractivity contribution < 1.29 is 14.3 Å². The normalized spacial score (nSPS) is 10.4. The van der Waals surface area contributed by atoms with Gasteiger partial charge in [-0.2, -0.15) is 0 Å². The summed E-state index contributed by atoms with van der Waals surface area (Å²) in [5.74, 6) is 7.46. The van der Waals surface area contributed by atoms with E-state index in [1.165, 1.54) is 30.9 Å². The number of unbranched alkanes of at least 4 members (excludes halogenated alkanes) is 4. The van der Waals surface area contributed by atoms with E-state index in [1.807, 2.05) is 36.4 Å². The van der Waals surface area contributed by atoms with Gasteiger partial charge in [-0.1, -0.05) is 62.5 Å². The summed E-state index contributed by atoms with van der Waals surface area (Å²) in [4.78, 5) is 23.9. The molecule has 3 rings (SSSR count). The van der Waals surface area contributed by atoms with Crippen LogP contribution in [0.25, 0.3) is 0 Å². The Morgan fingerprint density at radius 1 is 0.718 bits per heavy atom. The van der Waals surface area contributed by atoms with Crippen molar-refractivity contribution in [3.05, 3.63) is 113 Å². The van der Waals surface area contributed by atoms with E-state index in [0.29, 0.717) is 31.4 Å². The number of benzene rings is 3. The van der Waals surface area contributed by atoms with Crippen LogP contribution in [0, 0.1) is 11.8 Å². The molecule has 0 spiro atoms. The second kappa shape index (κ2) is 16.8. The van der Waals surface area contributed by atoms with Crippen molar-refractivity contribution in [2.45, 2.75) is 71.1 Å². The smallest absolute Gasteiger partial charge is 0.163 e. The lowest BCUT2D eigenvalue weighted by atomic mass is 10.0. The molecule has 0 atom stereocenters. The monoisotopic (exact) mass is 520 g/mol. The Labute approximate surface area is 234 Å². The van der Waals surface area contributed by atoms with E-state index >= 15 is 0 Å². The Morgan fingerprint density at radius 2 is 1.33 bits per heavy atom. The maximum absolute atomic E-state index is 12.7. The summed E-state index contributed by atoms with van der Waals surface area (Å²) in [6.07, 6.45) is 10.7. The van der Waals surface area contributed by atoms with Gasteiger partial charge in [0.25, 0.3) is 0 Å². The quantitative estimate of drug-likeness (QED) is 0.0825. The first-order valence-corrected chi connectivity index (χ1v) is 14.2. The fourth-order valence-electron chi connectivity index (χ4n) is 4.24. The molecule has 0 aliphatic carbocycles. The van der Waals surface area contributed by atoms with E-state index in [0.717, 1.165) is 48.1 Å². The molecule has 0 aromatic heterocycles. The Hall–Kier alpha value is -3.90. The predicted octanol–water partition coefficient (Wildman–Crippen LogP) is 8.33. The third kappa shape index (κ3) is 11.2. The Morgan fingerprint density at radius 3 is 1.92 bits per heavy atom. The summed E-state index contributed by atoms with van der Waals surface area (Å²) in [6.45, 7) is 6.31. The zero-order valence-electron chi connectivity index (χ0n) is 23.2. The number of hydrogen-bond acceptors (Lipinski definition) is 3. The third-order valence-corrected chi connectivity index (χ3v) is 6.71. The van der Waals surface area contributed by atoms with Gasteiger partial charge in [0.1, 0.15) is 5.75 Å². The van der Waals surface area contributed by atoms with Crippen molar-refractivity contribution in [3.8, 4) is 17.6 Å². The molecule has 3 nitrogen and oxygen atoms in total. The van der Waals surface area contributed by atoms with Gasteiger partial charge in [0.15, 0.2) is 11.6 Å². The topological polar surface area (TPSA) is 43.4 Å². The second-order valence-electron chi connectivity index (χ2n) is 9.88. The van der Waals surface area contributed by atoms with Crippen LogP contribution in [0.4, 0.5) is 0 Å². The molecule has 3 aromatic carbocycles. The lowest BCUT2D eigenvalue weighted by molar-refractivity contribution is -0.114. The molecule has 0 unspecified atom stereocenters. The maximum Gasteiger partial charge on any atom is 0.163 e. The van der Waals surface area contributed by atoms with Gasteiger partial charge in [-0.3, -0.25) is 9.59 Å². The average Bonchev–Trinajstić information content (AvgIpc) is 2.98. The first-order valence-electron chi connectivity index (χ1n) is 14.2. The van der Waals surface area contributed by atoms with Gasteiger partial charge in [-0.15, -0.1) is 0 Å². The molecule has 0 heterocycles. The van der Waals surface area contributed by atoms with Crippen LogP contribution in [-0.2, 0) is 17.6 Å². The van der Waals surface area contributed by atoms with Crippen molar-refractivity contribution in [1.29, 1.82) is 0 Å². The highest BCUT2D eigenvalue weighted by atomic mass is 16.5. The van der Waals surface area contributed by atoms with Crippen LogP contribution in [0.5, 0.6) is 5.75 Å². The molecule has 0 fully saturated rings. The minimum atomic E-state index is 0.0903. The maximum atomic E-state index is 12.7. The van der Waals surface area contributed by atoms with Crippen LogP contribution in [0.3, 0.4) is 0 Å². The number of Topliss-reactive ketones (excluding diaryl/α,β-unsaturated/α-hetero) is 1. The number of ether oxygens (including phenoxy) is 1. The fraction of sp³-hybridized carbons (Fsp3) is 0.333. The van der Waals surface area contributed by atoms with Crippen molar-refractivity contribution in [1.82, 2.24) is 0 Å². The van der Waals surface area contributed by atoms with E-state index in [2.05, 4.69) is 61.7 Å². The van der Waals surface area contributed by atoms with E-state index in [-0.39, 0.29) is 11.6 Å². The molecule has 3 heteroatoms. The van der Waals surface area contributed by atoms with E-state index in [1.54, 1.807) is 0 Å². The van der Waals surface area contributed by atoms with Crippen LogP contribution >= 0.6 is 0 Å². The molecule has 0 aliphatic rings. The van der Waals surface area contributed by atoms with Crippen molar-refractivity contribution in [2.75, 3.05) is 6.61 Å². The van der Waals surface area contributed by atoms with Crippen LogP contribution in [-0.4, -0.2) is 18.2 Å². The number of aryl methyl sites for hydroxylation is 2. The van der Waals surface area contributed by atoms with Crippen LogP contribution < -0.4 is 4.74 Å². The predicted molar refractivity (Wildman–Crippen MR) is 160 cm³/mol. The second-order valence-corrected chi connectivity index (χ2v) is 9.88. The van der Waals surface area contributed by atoms with Gasteiger partial charge in [-0.25, -0.2) is 0 Å². The number of allylic oxidation sites excluding steroid dienone is 1. The van der Waals surface area contributed by atoms with Crippen LogP contribution in [0.15, 0.2) is 85.5 Å². The lowest BCUT2D eigenvalue weighted by Gasteiger charge is -2.07. The number of carbonyl (C=O) groups is 2. The number of rotatable bonds is 16. The number of carbonyl (C=O) groups excluding carboxylic acids is 2. The number of hydrogen-bond donors (Lipinski definition) is 0. The molecule has 0 saturated carbocycles. The highest BCUT2D eigenvalue weighted by Crippen LogP contribution is 2.16. The first-order chi connectivity index (χ1) is 19.1. The van der Waals surface area contributed by atoms with Gasteiger partial charge in [0, 0.05) is 29.5 Å². The summed E-state index contributed by atoms with van der Waals surface area (Å²) < 4.78 is 5.76. The molecule has 0 bridgehead atoms. The highest BCUT2D eigenvalue weighted by Gasteiger charge is 2.07. The lowest BCUT2D eigenvalue weighted by Crippen LogP contribution is -2.02. The zero-order chi connectivity index (χ0) is 27.7. The van der Waals surface area contributed by atoms with Crippen LogP contribution in [0.1, 0.15) is 90.9 Å². The van der Waals surface area contributed by atoms with Crippen molar-refractivity contribution in [2.24, 2.45) is 0 Å². The van der Waals surface area contributed by atoms with Gasteiger partial charge < -0.3 is 4.74 Å². The molecule has 202 valence electrons. The fourth-order valence-corrected chi connectivity index (χ4v) is 4.24. The largest absolute Gasteiger partial charge is 0.494 e. The molecule has 0 saturated heterocycles. The highest BCUT2D eigenvalue weighted by molar-refractivity contribution is 5.96. The Bertz CT molecular complexity index is 1240. The molecular weight excluding hydrogens is 480 g/mol. The molecular formula is C36H40O3. The van der Waals surface area contributed by atoms with Gasteiger partial charge in [0.2, 0.25) is 0 Å². The van der Waals surface area contributed by atoms with E-state index < -0.39 is 0 Å². The Kier molecular flexibility index (Phi) is 12.8. The summed E-state index contributed by atoms with van der Waals surface area (Å²) in [5, 5.41) is 0. The van der Waals surface area contributed by atoms with E-state index in [4.69, 9.17) is 4.74 Å². The molecule has 0 amide bonds. The Balaban J connectivity index is 1.39. The summed E-state index contributed by atoms with van der Waals surface area (Å²) in [5.41, 5.74) is 5.19. The van der Waals surface area contributed by atoms with Crippen LogP contribution in [0.2, 0.25) is 0 Å². The SMILES string of the molecule is C=CC(=O)CCCCCOc1ccc(C(=O)CCc2ccc(C#Cc3ccc(CCCCC)cc3)cc2)cc1. The first kappa shape index (κ1) is 29.7. The minimum absolute atomic E-state index is 0.0903. The standard InChI is InChI=1S/C36H40O3/c1-3-5-7-10-29-12-14-30(15-13-29)16-17-31-18-20-32(21-19-31)22-27-36(38)33-23-25-35(26-24-33)39-28-9-6-8-11-34(37)4-2/h4,12-15,18-21,23-26H,2-3,5-11,22,27-28H2,1H3. The van der Waals surface area contributed by atoms with Gasteiger partial charge >= 0.3 is 0 Å². The minimum Gasteiger partial charge on any atom is -0.494 e. The molecule has 0 aliphatic heterocycles. The molecule has 3 aromatic rings. The molecule has 0 N–H and O–H groups in total. The molecule has 39 heavy (non-hydrogen) atoms. The van der Waals surface area contributed by atoms with Gasteiger partial charge in [0.05, 0.1) is 6.61 Å². The van der Waals surface area contributed by atoms with Gasteiger partial charge in [-0.05, 0) is 104 Å².